The fourth-order valence-corrected chi connectivity index (χ4v) is 0. The molecule has 0 aromatic rings. The van der Waals surface area contributed by atoms with Gasteiger partial charge in [-0.25, -0.2) is 0 Å². The second-order valence-electron chi connectivity index (χ2n) is 0.448. The van der Waals surface area contributed by atoms with Gasteiger partial charge in [-0.15, -0.1) is 0 Å². The Morgan fingerprint density at radius 2 is 0.667 bits per heavy atom. The van der Waals surface area contributed by atoms with Gasteiger partial charge in [-0.05, 0) is 0 Å². The van der Waals surface area contributed by atoms with Gasteiger partial charge in [-0.1, -0.05) is 0 Å². The van der Waals surface area contributed by atoms with Crippen molar-refractivity contribution in [3.05, 3.63) is 0 Å². The van der Waals surface area contributed by atoms with Crippen LogP contribution in [-0.2, 0) is 10.4 Å². The fourth-order valence-electron chi connectivity index (χ4n) is 0. The molecule has 10 nitrogen and oxygen atoms in total. The van der Waals surface area contributed by atoms with Crippen LogP contribution < -0.4 is 0 Å². The zero-order valence-electron chi connectivity index (χ0n) is 5.62. The summed E-state index contributed by atoms with van der Waals surface area (Å²) in [6.07, 6.45) is 0. The molecule has 0 unspecified atom stereocenters. The maximum Gasteiger partial charge on any atom is 0.394 e. The molecule has 0 saturated heterocycles. The Morgan fingerprint density at radius 1 is 0.667 bits per heavy atom. The summed E-state index contributed by atoms with van der Waals surface area (Å²) in [4.78, 5) is 0. The second-order valence-corrected chi connectivity index (χ2v) is 1.34. The predicted molar refractivity (Wildman–Crippen MR) is 35.9 cm³/mol. The van der Waals surface area contributed by atoms with Crippen LogP contribution in [0.15, 0.2) is 0 Å². The minimum Gasteiger partial charge on any atom is -0.412 e. The molecule has 0 aliphatic carbocycles. The zero-order valence-corrected chi connectivity index (χ0v) is 9.64. The van der Waals surface area contributed by atoms with Crippen LogP contribution in [0, 0.1) is 40.8 Å². The molecule has 0 aromatic heterocycles. The van der Waals surface area contributed by atoms with Crippen LogP contribution in [0.3, 0.4) is 0 Å². The van der Waals surface area contributed by atoms with Crippen molar-refractivity contribution in [2.24, 2.45) is 0 Å². The Hall–Kier alpha value is 0.981. The molecule has 0 atom stereocenters. The summed E-state index contributed by atoms with van der Waals surface area (Å²) in [5, 5.41) is 0. The van der Waals surface area contributed by atoms with Crippen molar-refractivity contribution in [3.63, 3.8) is 0 Å². The molecule has 84 valence electrons. The molecular weight excluding hydrogens is 336 g/mol. The smallest absolute Gasteiger partial charge is 0.394 e. The van der Waals surface area contributed by atoms with Crippen LogP contribution in [0.25, 0.3) is 0 Å². The summed E-state index contributed by atoms with van der Waals surface area (Å²) in [7, 11) is -4.67. The third kappa shape index (κ3) is 1140. The standard InChI is InChI=1S/Nd.H2O4S.6H2O/c;1-5(2,3)4;;;;;;/h;(H2,1,2,3,4);6*1H2. The molecule has 0 aliphatic heterocycles. The minimum atomic E-state index is -4.67. The van der Waals surface area contributed by atoms with Crippen LogP contribution in [0.2, 0.25) is 0 Å². The predicted octanol–water partition coefficient (Wildman–Crippen LogP) is -5.60. The molecule has 0 heterocycles. The van der Waals surface area contributed by atoms with Crippen molar-refractivity contribution in [3.8, 4) is 0 Å². The van der Waals surface area contributed by atoms with Gasteiger partial charge in [0.15, 0.2) is 0 Å². The maximum atomic E-state index is 8.74. The molecule has 12 heavy (non-hydrogen) atoms. The van der Waals surface area contributed by atoms with Gasteiger partial charge in [0.25, 0.3) is 0 Å². The van der Waals surface area contributed by atoms with E-state index in [0.717, 1.165) is 0 Å². The van der Waals surface area contributed by atoms with Gasteiger partial charge in [0, 0.05) is 40.8 Å². The average Bonchev–Trinajstić information content (AvgIpc) is 0.722. The van der Waals surface area contributed by atoms with Gasteiger partial charge < -0.3 is 32.9 Å². The number of rotatable bonds is 0. The van der Waals surface area contributed by atoms with E-state index in [9.17, 15) is 0 Å². The van der Waals surface area contributed by atoms with Gasteiger partial charge in [0.1, 0.15) is 0 Å². The Morgan fingerprint density at radius 3 is 0.667 bits per heavy atom. The molecule has 0 spiro atoms. The van der Waals surface area contributed by atoms with E-state index in [4.69, 9.17) is 17.5 Å². The molecule has 14 N–H and O–H groups in total. The van der Waals surface area contributed by atoms with E-state index >= 15 is 0 Å². The summed E-state index contributed by atoms with van der Waals surface area (Å²) < 4.78 is 31.6. The van der Waals surface area contributed by atoms with Gasteiger partial charge in [0.05, 0.1) is 0 Å². The second kappa shape index (κ2) is 29.6. The van der Waals surface area contributed by atoms with E-state index in [0.29, 0.717) is 0 Å². The summed E-state index contributed by atoms with van der Waals surface area (Å²) in [6.45, 7) is 0. The van der Waals surface area contributed by atoms with E-state index < -0.39 is 10.4 Å². The van der Waals surface area contributed by atoms with Crippen LogP contribution >= 0.6 is 0 Å². The summed E-state index contributed by atoms with van der Waals surface area (Å²) in [6, 6.07) is 0. The van der Waals surface area contributed by atoms with E-state index in [-0.39, 0.29) is 73.7 Å². The van der Waals surface area contributed by atoms with Gasteiger partial charge in [-0.3, -0.25) is 9.11 Å². The van der Waals surface area contributed by atoms with Crippen molar-refractivity contribution in [1.29, 1.82) is 0 Å². The zero-order chi connectivity index (χ0) is 4.50. The molecule has 0 saturated carbocycles. The van der Waals surface area contributed by atoms with Crippen molar-refractivity contribution in [1.82, 2.24) is 0 Å². The maximum absolute atomic E-state index is 8.74. The fraction of sp³-hybridized carbons (Fsp3) is 0. The van der Waals surface area contributed by atoms with Crippen LogP contribution in [-0.4, -0.2) is 50.4 Å². The topological polar surface area (TPSA) is 264 Å². The molecule has 0 aliphatic rings. The summed E-state index contributed by atoms with van der Waals surface area (Å²) in [5.41, 5.74) is 0. The van der Waals surface area contributed by atoms with Gasteiger partial charge in [-0.2, -0.15) is 8.42 Å². The van der Waals surface area contributed by atoms with Crippen molar-refractivity contribution in [2.75, 3.05) is 0 Å². The first kappa shape index (κ1) is 75.1. The molecule has 12 heteroatoms. The Bertz CT molecular complexity index is 93.0. The molecule has 0 aromatic carbocycles. The van der Waals surface area contributed by atoms with Crippen LogP contribution in [0.4, 0.5) is 0 Å². The average molecular weight is 350 g/mol. The van der Waals surface area contributed by atoms with Crippen molar-refractivity contribution >= 4 is 10.4 Å². The monoisotopic (exact) mass is 348 g/mol. The molecular formula is H14NdO10S. The largest absolute Gasteiger partial charge is 0.412 e. The third-order valence-electron chi connectivity index (χ3n) is 0. The first-order chi connectivity index (χ1) is 2.00. The Balaban J connectivity index is -0.00000000381. The SMILES string of the molecule is O.O.O.O.O.O.O=S(=O)(O)O.[Nd]. The van der Waals surface area contributed by atoms with E-state index in [1.54, 1.807) is 0 Å². The first-order valence-corrected chi connectivity index (χ1v) is 2.10. The Labute approximate surface area is 101 Å². The summed E-state index contributed by atoms with van der Waals surface area (Å²) in [5.74, 6) is 0. The van der Waals surface area contributed by atoms with Crippen molar-refractivity contribution in [2.45, 2.75) is 0 Å². The number of hydrogen-bond acceptors (Lipinski definition) is 2. The molecule has 0 radical (unpaired) electrons. The van der Waals surface area contributed by atoms with Gasteiger partial charge >= 0.3 is 10.4 Å². The first-order valence-electron chi connectivity index (χ1n) is 0.698. The van der Waals surface area contributed by atoms with Crippen LogP contribution in [0.1, 0.15) is 0 Å². The van der Waals surface area contributed by atoms with E-state index in [1.807, 2.05) is 0 Å². The number of hydrogen-bond donors (Lipinski definition) is 2. The minimum absolute atomic E-state index is 0. The molecule has 0 fully saturated rings. The molecule has 0 bridgehead atoms. The van der Waals surface area contributed by atoms with Gasteiger partial charge in [0.2, 0.25) is 0 Å². The third-order valence-corrected chi connectivity index (χ3v) is 0. The molecule has 0 rings (SSSR count). The molecule has 0 amide bonds. The van der Waals surface area contributed by atoms with Crippen molar-refractivity contribution < 1.29 is 91.2 Å². The van der Waals surface area contributed by atoms with E-state index in [1.165, 1.54) is 0 Å². The Kier molecular flexibility index (Phi) is 186. The quantitative estimate of drug-likeness (QED) is 0.404. The summed E-state index contributed by atoms with van der Waals surface area (Å²) >= 11 is 0. The van der Waals surface area contributed by atoms with E-state index in [2.05, 4.69) is 0 Å². The van der Waals surface area contributed by atoms with Crippen LogP contribution in [0.5, 0.6) is 0 Å². The normalized spacial score (nSPS) is 4.83.